The topological polar surface area (TPSA) is 86.8 Å². The maximum atomic E-state index is 14.3. The van der Waals surface area contributed by atoms with Crippen LogP contribution in [0.15, 0.2) is 42.5 Å². The van der Waals surface area contributed by atoms with Gasteiger partial charge in [0.2, 0.25) is 21.8 Å². The molecule has 0 aliphatic carbocycles. The summed E-state index contributed by atoms with van der Waals surface area (Å²) in [4.78, 5) is 27.6. The highest BCUT2D eigenvalue weighted by atomic mass is 35.5. The zero-order chi connectivity index (χ0) is 27.0. The van der Waals surface area contributed by atoms with Gasteiger partial charge in [0.15, 0.2) is 0 Å². The Morgan fingerprint density at radius 1 is 1.06 bits per heavy atom. The number of rotatable bonds is 12. The number of sulfonamides is 1. The molecule has 0 radical (unpaired) electrons. The Kier molecular flexibility index (Phi) is 11.0. The quantitative estimate of drug-likeness (QED) is 0.396. The highest BCUT2D eigenvalue weighted by molar-refractivity contribution is 7.92. The van der Waals surface area contributed by atoms with Crippen LogP contribution >= 0.6 is 23.2 Å². The van der Waals surface area contributed by atoms with E-state index in [1.165, 1.54) is 29.2 Å². The zero-order valence-electron chi connectivity index (χ0n) is 20.8. The number of halogens is 3. The molecule has 0 aliphatic heterocycles. The second-order valence-electron chi connectivity index (χ2n) is 8.61. The van der Waals surface area contributed by atoms with Crippen molar-refractivity contribution in [2.24, 2.45) is 0 Å². The van der Waals surface area contributed by atoms with Gasteiger partial charge in [-0.1, -0.05) is 48.3 Å². The first-order chi connectivity index (χ1) is 16.9. The zero-order valence-corrected chi connectivity index (χ0v) is 23.1. The normalized spacial score (nSPS) is 13.1. The van der Waals surface area contributed by atoms with Crippen LogP contribution in [0.25, 0.3) is 0 Å². The molecule has 1 N–H and O–H groups in total. The molecule has 0 saturated carbocycles. The molecule has 2 unspecified atom stereocenters. The summed E-state index contributed by atoms with van der Waals surface area (Å²) in [6.45, 7) is 5.30. The minimum atomic E-state index is -3.80. The maximum Gasteiger partial charge on any atom is 0.242 e. The van der Waals surface area contributed by atoms with Gasteiger partial charge in [0.1, 0.15) is 11.9 Å². The van der Waals surface area contributed by atoms with Gasteiger partial charge in [-0.05, 0) is 51.0 Å². The number of nitrogens with one attached hydrogen (secondary N) is 1. The molecule has 0 spiro atoms. The van der Waals surface area contributed by atoms with Crippen LogP contribution in [0.1, 0.15) is 45.6 Å². The fraction of sp³-hybridized carbons (Fsp3) is 0.440. The van der Waals surface area contributed by atoms with Crippen molar-refractivity contribution in [3.8, 4) is 0 Å². The first-order valence-electron chi connectivity index (χ1n) is 11.6. The van der Waals surface area contributed by atoms with Crippen molar-refractivity contribution in [2.75, 3.05) is 17.1 Å². The molecule has 2 aromatic carbocycles. The lowest BCUT2D eigenvalue weighted by molar-refractivity contribution is -0.140. The molecule has 0 aliphatic rings. The number of benzene rings is 2. The number of nitrogens with zero attached hydrogens (tertiary/aromatic N) is 2. The van der Waals surface area contributed by atoms with E-state index in [9.17, 15) is 22.4 Å². The minimum Gasteiger partial charge on any atom is -0.352 e. The molecule has 36 heavy (non-hydrogen) atoms. The number of carbonyl (C=O) groups excluding carboxylic acids is 2. The highest BCUT2D eigenvalue weighted by Crippen LogP contribution is 2.27. The van der Waals surface area contributed by atoms with Crippen LogP contribution in [0.5, 0.6) is 0 Å². The number of para-hydroxylation sites is 1. The molecule has 0 heterocycles. The van der Waals surface area contributed by atoms with E-state index in [0.29, 0.717) is 15.6 Å². The summed E-state index contributed by atoms with van der Waals surface area (Å²) in [6.07, 6.45) is 1.73. The SMILES string of the molecule is CCC(C)NC(=O)C(C)N(Cc1c(Cl)cccc1Cl)C(=O)CCCN(c1ccccc1F)S(C)(=O)=O. The second-order valence-corrected chi connectivity index (χ2v) is 11.3. The Bertz CT molecular complexity index is 1160. The van der Waals surface area contributed by atoms with Crippen molar-refractivity contribution in [1.82, 2.24) is 10.2 Å². The monoisotopic (exact) mass is 559 g/mol. The highest BCUT2D eigenvalue weighted by Gasteiger charge is 2.28. The van der Waals surface area contributed by atoms with E-state index in [0.717, 1.165) is 17.0 Å². The Labute approximate surface area is 222 Å². The van der Waals surface area contributed by atoms with Gasteiger partial charge in [0.05, 0.1) is 11.9 Å². The minimum absolute atomic E-state index is 0.00443. The van der Waals surface area contributed by atoms with Crippen molar-refractivity contribution in [1.29, 1.82) is 0 Å². The van der Waals surface area contributed by atoms with Crippen molar-refractivity contribution in [3.63, 3.8) is 0 Å². The molecule has 2 rings (SSSR count). The van der Waals surface area contributed by atoms with Gasteiger partial charge in [0, 0.05) is 41.2 Å². The lowest BCUT2D eigenvalue weighted by Crippen LogP contribution is -2.49. The van der Waals surface area contributed by atoms with Crippen molar-refractivity contribution >= 4 is 50.7 Å². The molecule has 0 fully saturated rings. The molecule has 0 bridgehead atoms. The molecule has 2 aromatic rings. The summed E-state index contributed by atoms with van der Waals surface area (Å²) < 4.78 is 39.9. The predicted octanol–water partition coefficient (Wildman–Crippen LogP) is 5.01. The fourth-order valence-corrected chi connectivity index (χ4v) is 5.02. The van der Waals surface area contributed by atoms with Crippen LogP contribution in [0.2, 0.25) is 10.0 Å². The van der Waals surface area contributed by atoms with E-state index in [1.54, 1.807) is 25.1 Å². The van der Waals surface area contributed by atoms with E-state index in [-0.39, 0.29) is 49.5 Å². The molecule has 198 valence electrons. The Morgan fingerprint density at radius 2 is 1.67 bits per heavy atom. The number of amides is 2. The van der Waals surface area contributed by atoms with E-state index in [4.69, 9.17) is 23.2 Å². The van der Waals surface area contributed by atoms with Gasteiger partial charge < -0.3 is 10.2 Å². The van der Waals surface area contributed by atoms with Crippen LogP contribution in [-0.2, 0) is 26.2 Å². The van der Waals surface area contributed by atoms with Gasteiger partial charge >= 0.3 is 0 Å². The second kappa shape index (κ2) is 13.3. The summed E-state index contributed by atoms with van der Waals surface area (Å²) in [7, 11) is -3.80. The fourth-order valence-electron chi connectivity index (χ4n) is 3.54. The van der Waals surface area contributed by atoms with E-state index >= 15 is 0 Å². The first-order valence-corrected chi connectivity index (χ1v) is 14.2. The third kappa shape index (κ3) is 8.08. The van der Waals surface area contributed by atoms with Crippen LogP contribution < -0.4 is 9.62 Å². The standard InChI is InChI=1S/C25H32Cl2FN3O4S/c1-5-17(2)29-25(33)18(3)30(16-19-20(26)10-8-11-21(19)27)24(32)14-9-15-31(36(4,34)35)23-13-7-6-12-22(23)28/h6-8,10-13,17-18H,5,9,14-16H2,1-4H3,(H,29,33). The number of hydrogen-bond acceptors (Lipinski definition) is 4. The lowest BCUT2D eigenvalue weighted by atomic mass is 10.1. The number of carbonyl (C=O) groups is 2. The summed E-state index contributed by atoms with van der Waals surface area (Å²) >= 11 is 12.6. The molecule has 2 atom stereocenters. The van der Waals surface area contributed by atoms with Crippen LogP contribution in [0, 0.1) is 5.82 Å². The largest absolute Gasteiger partial charge is 0.352 e. The Morgan fingerprint density at radius 3 is 2.22 bits per heavy atom. The number of hydrogen-bond donors (Lipinski definition) is 1. The molecule has 11 heteroatoms. The Balaban J connectivity index is 2.24. The molecule has 2 amide bonds. The summed E-state index contributed by atoms with van der Waals surface area (Å²) in [5, 5.41) is 3.59. The average Bonchev–Trinajstić information content (AvgIpc) is 2.81. The maximum absolute atomic E-state index is 14.3. The molecule has 0 aromatic heterocycles. The van der Waals surface area contributed by atoms with Crippen molar-refractivity contribution in [3.05, 3.63) is 63.9 Å². The summed E-state index contributed by atoms with van der Waals surface area (Å²) in [6, 6.07) is 9.60. The summed E-state index contributed by atoms with van der Waals surface area (Å²) in [5.41, 5.74) is 0.412. The molecular weight excluding hydrogens is 528 g/mol. The van der Waals surface area contributed by atoms with Gasteiger partial charge in [0.25, 0.3) is 0 Å². The molecule has 7 nitrogen and oxygen atoms in total. The van der Waals surface area contributed by atoms with Gasteiger partial charge in [-0.3, -0.25) is 13.9 Å². The van der Waals surface area contributed by atoms with E-state index in [1.807, 2.05) is 13.8 Å². The van der Waals surface area contributed by atoms with Crippen LogP contribution in [0.3, 0.4) is 0 Å². The van der Waals surface area contributed by atoms with Crippen molar-refractivity contribution in [2.45, 2.75) is 58.7 Å². The molecular formula is C25H32Cl2FN3O4S. The van der Waals surface area contributed by atoms with Crippen LogP contribution in [-0.4, -0.2) is 50.0 Å². The lowest BCUT2D eigenvalue weighted by Gasteiger charge is -2.30. The smallest absolute Gasteiger partial charge is 0.242 e. The third-order valence-electron chi connectivity index (χ3n) is 5.83. The van der Waals surface area contributed by atoms with Gasteiger partial charge in [-0.25, -0.2) is 12.8 Å². The molecule has 0 saturated heterocycles. The van der Waals surface area contributed by atoms with Crippen molar-refractivity contribution < 1.29 is 22.4 Å². The summed E-state index contributed by atoms with van der Waals surface area (Å²) in [5.74, 6) is -1.40. The first kappa shape index (κ1) is 29.9. The van der Waals surface area contributed by atoms with E-state index in [2.05, 4.69) is 5.32 Å². The van der Waals surface area contributed by atoms with Gasteiger partial charge in [-0.2, -0.15) is 0 Å². The predicted molar refractivity (Wildman–Crippen MR) is 142 cm³/mol. The van der Waals surface area contributed by atoms with Crippen LogP contribution in [0.4, 0.5) is 10.1 Å². The van der Waals surface area contributed by atoms with Gasteiger partial charge in [-0.15, -0.1) is 0 Å². The average molecular weight is 561 g/mol. The Hall–Kier alpha value is -2.36. The third-order valence-corrected chi connectivity index (χ3v) is 7.72. The number of anilines is 1. The van der Waals surface area contributed by atoms with E-state index < -0.39 is 21.9 Å².